The minimum atomic E-state index is -0.816. The topological polar surface area (TPSA) is 122 Å². The van der Waals surface area contributed by atoms with Gasteiger partial charge < -0.3 is 10.1 Å². The number of amides is 1. The van der Waals surface area contributed by atoms with E-state index in [1.54, 1.807) is 18.2 Å². The van der Waals surface area contributed by atoms with Gasteiger partial charge in [-0.3, -0.25) is 14.9 Å². The van der Waals surface area contributed by atoms with Crippen molar-refractivity contribution in [3.8, 4) is 6.07 Å². The van der Waals surface area contributed by atoms with Crippen LogP contribution in [-0.2, 0) is 9.53 Å². The highest BCUT2D eigenvalue weighted by molar-refractivity contribution is 7.17. The summed E-state index contributed by atoms with van der Waals surface area (Å²) < 4.78 is 4.78. The van der Waals surface area contributed by atoms with Crippen LogP contribution in [0.1, 0.15) is 15.2 Å². The van der Waals surface area contributed by atoms with Crippen LogP contribution in [0.3, 0.4) is 0 Å². The number of benzene rings is 1. The summed E-state index contributed by atoms with van der Waals surface area (Å²) in [5, 5.41) is 21.6. The van der Waals surface area contributed by atoms with Crippen molar-refractivity contribution in [1.82, 2.24) is 0 Å². The number of hydrogen-bond acceptors (Lipinski definition) is 7. The van der Waals surface area contributed by atoms with Crippen molar-refractivity contribution < 1.29 is 19.2 Å². The second kappa shape index (κ2) is 7.15. The molecule has 2 rings (SSSR count). The second-order valence-electron chi connectivity index (χ2n) is 4.21. The van der Waals surface area contributed by atoms with Crippen molar-refractivity contribution in [3.63, 3.8) is 0 Å². The number of carbonyl (C=O) groups excluding carboxylic acids is 2. The minimum absolute atomic E-state index is 0.0379. The lowest BCUT2D eigenvalue weighted by Crippen LogP contribution is -2.20. The van der Waals surface area contributed by atoms with Crippen molar-refractivity contribution in [2.45, 2.75) is 0 Å². The van der Waals surface area contributed by atoms with Crippen molar-refractivity contribution >= 4 is 33.9 Å². The molecule has 0 aliphatic heterocycles. The van der Waals surface area contributed by atoms with Gasteiger partial charge in [-0.25, -0.2) is 4.79 Å². The Hall–Kier alpha value is -3.25. The van der Waals surface area contributed by atoms with Crippen molar-refractivity contribution in [2.75, 3.05) is 11.9 Å². The fourth-order valence-corrected chi connectivity index (χ4v) is 2.32. The number of thiophene rings is 1. The maximum Gasteiger partial charge on any atom is 0.349 e. The summed E-state index contributed by atoms with van der Waals surface area (Å²) in [5.41, 5.74) is 0.780. The highest BCUT2D eigenvalue weighted by Crippen LogP contribution is 2.24. The number of nitrogens with one attached hydrogen (secondary N) is 1. The largest absolute Gasteiger partial charge is 0.451 e. The number of nitro groups is 1. The van der Waals surface area contributed by atoms with Crippen LogP contribution in [0.5, 0.6) is 0 Å². The van der Waals surface area contributed by atoms with E-state index < -0.39 is 23.4 Å². The molecular weight excluding hydrogens is 322 g/mol. The van der Waals surface area contributed by atoms with Crippen LogP contribution in [-0.4, -0.2) is 23.4 Å². The summed E-state index contributed by atoms with van der Waals surface area (Å²) in [6, 6.07) is 10.6. The molecule has 0 fully saturated rings. The van der Waals surface area contributed by atoms with Gasteiger partial charge in [0.25, 0.3) is 5.91 Å². The first kappa shape index (κ1) is 16.1. The molecule has 1 amide bonds. The Morgan fingerprint density at radius 2 is 2.13 bits per heavy atom. The van der Waals surface area contributed by atoms with Crippen LogP contribution in [0.15, 0.2) is 36.4 Å². The standard InChI is InChI=1S/C14H9N3O5S/c15-7-9-2-1-3-10(6-9)16-12(18)8-22-14(19)11-4-5-13(23-11)17(20)21/h1-6H,8H2,(H,16,18). The number of nitriles is 1. The van der Waals surface area contributed by atoms with Crippen molar-refractivity contribution in [1.29, 1.82) is 5.26 Å². The summed E-state index contributed by atoms with van der Waals surface area (Å²) >= 11 is 0.668. The van der Waals surface area contributed by atoms with E-state index in [1.807, 2.05) is 6.07 Å². The number of ether oxygens (including phenoxy) is 1. The molecule has 2 aromatic rings. The molecule has 8 nitrogen and oxygen atoms in total. The summed E-state index contributed by atoms with van der Waals surface area (Å²) in [5.74, 6) is -1.40. The molecule has 0 saturated heterocycles. The lowest BCUT2D eigenvalue weighted by Gasteiger charge is -2.06. The van der Waals surface area contributed by atoms with Crippen LogP contribution < -0.4 is 5.32 Å². The van der Waals surface area contributed by atoms with E-state index >= 15 is 0 Å². The monoisotopic (exact) mass is 331 g/mol. The molecule has 0 aliphatic rings. The van der Waals surface area contributed by atoms with Crippen LogP contribution in [0, 0.1) is 21.4 Å². The number of carbonyl (C=O) groups is 2. The van der Waals surface area contributed by atoms with Crippen molar-refractivity contribution in [2.24, 2.45) is 0 Å². The molecule has 0 spiro atoms. The predicted octanol–water partition coefficient (Wildman–Crippen LogP) is 2.32. The second-order valence-corrected chi connectivity index (χ2v) is 5.27. The van der Waals surface area contributed by atoms with Gasteiger partial charge in [0.1, 0.15) is 4.88 Å². The Balaban J connectivity index is 1.89. The van der Waals surface area contributed by atoms with E-state index in [0.29, 0.717) is 22.6 Å². The van der Waals surface area contributed by atoms with E-state index in [-0.39, 0.29) is 9.88 Å². The molecule has 116 valence electrons. The van der Waals surface area contributed by atoms with E-state index in [0.717, 1.165) is 0 Å². The molecule has 1 aromatic carbocycles. The predicted molar refractivity (Wildman–Crippen MR) is 81.0 cm³/mol. The summed E-state index contributed by atoms with van der Waals surface area (Å²) in [7, 11) is 0. The van der Waals surface area contributed by atoms with Gasteiger partial charge in [0.2, 0.25) is 0 Å². The first-order valence-electron chi connectivity index (χ1n) is 6.21. The Morgan fingerprint density at radius 3 is 2.78 bits per heavy atom. The zero-order valence-electron chi connectivity index (χ0n) is 11.5. The summed E-state index contributed by atoms with van der Waals surface area (Å²) in [4.78, 5) is 33.3. The summed E-state index contributed by atoms with van der Waals surface area (Å²) in [6.45, 7) is -0.540. The fourth-order valence-electron chi connectivity index (χ4n) is 1.60. The maximum absolute atomic E-state index is 11.7. The van der Waals surface area contributed by atoms with Crippen molar-refractivity contribution in [3.05, 3.63) is 57.0 Å². The van der Waals surface area contributed by atoms with Gasteiger partial charge in [-0.15, -0.1) is 0 Å². The number of esters is 1. The third-order valence-corrected chi connectivity index (χ3v) is 3.60. The smallest absolute Gasteiger partial charge is 0.349 e. The Bertz CT molecular complexity index is 809. The van der Waals surface area contributed by atoms with Crippen LogP contribution in [0.25, 0.3) is 0 Å². The normalized spacial score (nSPS) is 9.70. The van der Waals surface area contributed by atoms with E-state index in [4.69, 9.17) is 10.00 Å². The number of anilines is 1. The zero-order valence-corrected chi connectivity index (χ0v) is 12.3. The fraction of sp³-hybridized carbons (Fsp3) is 0.0714. The number of hydrogen-bond donors (Lipinski definition) is 1. The molecule has 0 unspecified atom stereocenters. The third kappa shape index (κ3) is 4.36. The Labute approximate surface area is 134 Å². The van der Waals surface area contributed by atoms with E-state index in [9.17, 15) is 19.7 Å². The quantitative estimate of drug-likeness (QED) is 0.509. The molecule has 1 heterocycles. The first-order valence-corrected chi connectivity index (χ1v) is 7.02. The molecule has 0 saturated carbocycles. The Kier molecular flexibility index (Phi) is 5.01. The molecule has 1 aromatic heterocycles. The molecule has 1 N–H and O–H groups in total. The zero-order chi connectivity index (χ0) is 16.8. The molecule has 0 radical (unpaired) electrons. The molecule has 23 heavy (non-hydrogen) atoms. The van der Waals surface area contributed by atoms with Crippen LogP contribution >= 0.6 is 11.3 Å². The third-order valence-electron chi connectivity index (χ3n) is 2.58. The average molecular weight is 331 g/mol. The SMILES string of the molecule is N#Cc1cccc(NC(=O)COC(=O)c2ccc([N+](=O)[O-])s2)c1. The average Bonchev–Trinajstić information content (AvgIpc) is 3.03. The lowest BCUT2D eigenvalue weighted by molar-refractivity contribution is -0.380. The van der Waals surface area contributed by atoms with Gasteiger partial charge in [0.05, 0.1) is 16.6 Å². The molecule has 0 bridgehead atoms. The van der Waals surface area contributed by atoms with Gasteiger partial charge in [0, 0.05) is 11.8 Å². The first-order chi connectivity index (χ1) is 11.0. The van der Waals surface area contributed by atoms with E-state index in [2.05, 4.69) is 5.32 Å². The van der Waals surface area contributed by atoms with E-state index in [1.165, 1.54) is 18.2 Å². The number of rotatable bonds is 5. The minimum Gasteiger partial charge on any atom is -0.451 e. The van der Waals surface area contributed by atoms with Gasteiger partial charge in [-0.1, -0.05) is 17.4 Å². The molecule has 9 heteroatoms. The van der Waals surface area contributed by atoms with Gasteiger partial charge in [-0.05, 0) is 24.3 Å². The molecule has 0 atom stereocenters. The lowest BCUT2D eigenvalue weighted by atomic mass is 10.2. The van der Waals surface area contributed by atoms with Gasteiger partial charge in [-0.2, -0.15) is 5.26 Å². The molecule has 0 aliphatic carbocycles. The number of nitrogens with zero attached hydrogens (tertiary/aromatic N) is 2. The molecular formula is C14H9N3O5S. The highest BCUT2D eigenvalue weighted by atomic mass is 32.1. The van der Waals surface area contributed by atoms with Gasteiger partial charge in [0.15, 0.2) is 6.61 Å². The Morgan fingerprint density at radius 1 is 1.35 bits per heavy atom. The highest BCUT2D eigenvalue weighted by Gasteiger charge is 2.17. The maximum atomic E-state index is 11.7. The van der Waals surface area contributed by atoms with Gasteiger partial charge >= 0.3 is 11.0 Å². The summed E-state index contributed by atoms with van der Waals surface area (Å²) in [6.07, 6.45) is 0. The van der Waals surface area contributed by atoms with Crippen LogP contribution in [0.2, 0.25) is 0 Å². The van der Waals surface area contributed by atoms with Crippen LogP contribution in [0.4, 0.5) is 10.7 Å².